The highest BCUT2D eigenvalue weighted by Crippen LogP contribution is 2.43. The number of aliphatic hydroxyl groups excluding tert-OH is 1. The number of hydrogen-bond donors (Lipinski definition) is 2. The minimum absolute atomic E-state index is 0.000338. The Labute approximate surface area is 219 Å². The number of anilines is 1. The van der Waals surface area contributed by atoms with Crippen LogP contribution >= 0.6 is 0 Å². The molecule has 0 saturated carbocycles. The standard InChI is InChI=1S/C30H27NO7/c1-16(2)37-30(36)20-5-4-6-22(15-20)31-26(18-7-10-23(32)11-8-18)25(28(34)29(31)35)27(33)19-9-12-24-21(14-19)13-17(3)38-24/h4-12,14-17,26,32-33H,13H2,1-3H3/b27-25-. The second kappa shape index (κ2) is 9.70. The third-order valence-corrected chi connectivity index (χ3v) is 6.53. The average Bonchev–Trinajstić information content (AvgIpc) is 3.39. The molecule has 0 bridgehead atoms. The molecule has 5 rings (SSSR count). The Morgan fingerprint density at radius 3 is 2.47 bits per heavy atom. The van der Waals surface area contributed by atoms with Crippen molar-refractivity contribution < 1.29 is 34.1 Å². The maximum Gasteiger partial charge on any atom is 0.338 e. The molecule has 1 amide bonds. The highest BCUT2D eigenvalue weighted by molar-refractivity contribution is 6.51. The molecule has 0 aromatic heterocycles. The minimum Gasteiger partial charge on any atom is -0.508 e. The van der Waals surface area contributed by atoms with Gasteiger partial charge in [0.05, 0.1) is 23.3 Å². The highest BCUT2D eigenvalue weighted by Gasteiger charge is 2.47. The first-order valence-electron chi connectivity index (χ1n) is 12.3. The number of benzene rings is 3. The van der Waals surface area contributed by atoms with Crippen LogP contribution in [0.15, 0.2) is 72.3 Å². The molecule has 0 aliphatic carbocycles. The van der Waals surface area contributed by atoms with Gasteiger partial charge in [0.2, 0.25) is 0 Å². The van der Waals surface area contributed by atoms with Gasteiger partial charge in [-0.1, -0.05) is 18.2 Å². The molecule has 1 fully saturated rings. The predicted octanol–water partition coefficient (Wildman–Crippen LogP) is 4.91. The molecule has 8 heteroatoms. The average molecular weight is 514 g/mol. The normalized spacial score (nSPS) is 19.9. The lowest BCUT2D eigenvalue weighted by Gasteiger charge is -2.26. The summed E-state index contributed by atoms with van der Waals surface area (Å²) in [6.07, 6.45) is 0.323. The smallest absolute Gasteiger partial charge is 0.338 e. The molecule has 3 aromatic carbocycles. The number of phenolic OH excluding ortho intramolecular Hbond substituents is 1. The van der Waals surface area contributed by atoms with Crippen LogP contribution in [-0.4, -0.2) is 40.1 Å². The predicted molar refractivity (Wildman–Crippen MR) is 140 cm³/mol. The van der Waals surface area contributed by atoms with E-state index in [1.54, 1.807) is 62.4 Å². The molecule has 3 aromatic rings. The molecule has 0 radical (unpaired) electrons. The molecule has 1 saturated heterocycles. The summed E-state index contributed by atoms with van der Waals surface area (Å²) in [5, 5.41) is 21.3. The van der Waals surface area contributed by atoms with E-state index in [4.69, 9.17) is 9.47 Å². The van der Waals surface area contributed by atoms with E-state index in [1.165, 1.54) is 23.1 Å². The lowest BCUT2D eigenvalue weighted by atomic mass is 9.94. The van der Waals surface area contributed by atoms with Crippen LogP contribution in [0, 0.1) is 0 Å². The number of ketones is 1. The number of rotatable bonds is 5. The first-order chi connectivity index (χ1) is 18.1. The maximum atomic E-state index is 13.4. The summed E-state index contributed by atoms with van der Waals surface area (Å²) in [6.45, 7) is 5.41. The van der Waals surface area contributed by atoms with E-state index < -0.39 is 23.7 Å². The van der Waals surface area contributed by atoms with E-state index >= 15 is 0 Å². The number of Topliss-reactive ketones (excluding diaryl/α,β-unsaturated/α-hetero) is 1. The third-order valence-electron chi connectivity index (χ3n) is 6.53. The van der Waals surface area contributed by atoms with Gasteiger partial charge in [0, 0.05) is 17.7 Å². The van der Waals surface area contributed by atoms with Crippen molar-refractivity contribution in [3.05, 3.63) is 94.6 Å². The second-order valence-electron chi connectivity index (χ2n) is 9.72. The fraction of sp³-hybridized carbons (Fsp3) is 0.233. The van der Waals surface area contributed by atoms with Gasteiger partial charge in [-0.3, -0.25) is 14.5 Å². The highest BCUT2D eigenvalue weighted by atomic mass is 16.5. The Morgan fingerprint density at radius 1 is 1.03 bits per heavy atom. The van der Waals surface area contributed by atoms with Gasteiger partial charge in [-0.25, -0.2) is 4.79 Å². The largest absolute Gasteiger partial charge is 0.508 e. The van der Waals surface area contributed by atoms with Gasteiger partial charge in [-0.2, -0.15) is 0 Å². The van der Waals surface area contributed by atoms with E-state index in [-0.39, 0.29) is 34.9 Å². The quantitative estimate of drug-likeness (QED) is 0.216. The summed E-state index contributed by atoms with van der Waals surface area (Å²) in [5.74, 6) is -1.86. The monoisotopic (exact) mass is 513 g/mol. The maximum absolute atomic E-state index is 13.4. The van der Waals surface area contributed by atoms with E-state index in [1.807, 2.05) is 6.92 Å². The Morgan fingerprint density at radius 2 is 1.76 bits per heavy atom. The molecule has 2 unspecified atom stereocenters. The number of nitrogens with zero attached hydrogens (tertiary/aromatic N) is 1. The fourth-order valence-corrected chi connectivity index (χ4v) is 4.86. The van der Waals surface area contributed by atoms with Crippen LogP contribution in [0.25, 0.3) is 5.76 Å². The number of carbonyl (C=O) groups is 3. The van der Waals surface area contributed by atoms with Gasteiger partial charge >= 0.3 is 5.97 Å². The fourth-order valence-electron chi connectivity index (χ4n) is 4.86. The number of ether oxygens (including phenoxy) is 2. The van der Waals surface area contributed by atoms with Gasteiger partial charge in [-0.05, 0) is 80.4 Å². The summed E-state index contributed by atoms with van der Waals surface area (Å²) in [7, 11) is 0. The second-order valence-corrected chi connectivity index (χ2v) is 9.72. The van der Waals surface area contributed by atoms with Crippen LogP contribution in [0.5, 0.6) is 11.5 Å². The lowest BCUT2D eigenvalue weighted by Crippen LogP contribution is -2.29. The molecule has 2 atom stereocenters. The zero-order valence-electron chi connectivity index (χ0n) is 21.2. The van der Waals surface area contributed by atoms with E-state index in [0.717, 1.165) is 11.3 Å². The van der Waals surface area contributed by atoms with E-state index in [2.05, 4.69) is 0 Å². The molecular formula is C30H27NO7. The summed E-state index contributed by atoms with van der Waals surface area (Å²) in [5.41, 5.74) is 2.19. The summed E-state index contributed by atoms with van der Waals surface area (Å²) in [4.78, 5) is 40.7. The van der Waals surface area contributed by atoms with Crippen LogP contribution in [0.4, 0.5) is 5.69 Å². The molecule has 194 valence electrons. The van der Waals surface area contributed by atoms with Crippen molar-refractivity contribution in [2.24, 2.45) is 0 Å². The molecular weight excluding hydrogens is 486 g/mol. The third kappa shape index (κ3) is 4.49. The van der Waals surface area contributed by atoms with Gasteiger partial charge in [-0.15, -0.1) is 0 Å². The van der Waals surface area contributed by atoms with E-state index in [0.29, 0.717) is 23.2 Å². The van der Waals surface area contributed by atoms with Crippen molar-refractivity contribution >= 4 is 29.1 Å². The van der Waals surface area contributed by atoms with Crippen molar-refractivity contribution in [2.75, 3.05) is 4.90 Å². The molecule has 38 heavy (non-hydrogen) atoms. The van der Waals surface area contributed by atoms with Crippen molar-refractivity contribution in [3.8, 4) is 11.5 Å². The number of aliphatic hydroxyl groups is 1. The van der Waals surface area contributed by atoms with Crippen LogP contribution < -0.4 is 9.64 Å². The van der Waals surface area contributed by atoms with E-state index in [9.17, 15) is 24.6 Å². The lowest BCUT2D eigenvalue weighted by molar-refractivity contribution is -0.132. The van der Waals surface area contributed by atoms with Gasteiger partial charge in [0.25, 0.3) is 11.7 Å². The van der Waals surface area contributed by atoms with Gasteiger partial charge in [0.1, 0.15) is 23.4 Å². The Balaban J connectivity index is 1.65. The van der Waals surface area contributed by atoms with Crippen molar-refractivity contribution in [3.63, 3.8) is 0 Å². The van der Waals surface area contributed by atoms with Crippen molar-refractivity contribution in [1.82, 2.24) is 0 Å². The Hall–Kier alpha value is -4.59. The van der Waals surface area contributed by atoms with Crippen LogP contribution in [0.1, 0.15) is 53.9 Å². The molecule has 2 N–H and O–H groups in total. The van der Waals surface area contributed by atoms with Crippen LogP contribution in [0.3, 0.4) is 0 Å². The zero-order chi connectivity index (χ0) is 27.1. The summed E-state index contributed by atoms with van der Waals surface area (Å²) >= 11 is 0. The Kier molecular flexibility index (Phi) is 6.40. The number of fused-ring (bicyclic) bond motifs is 1. The molecule has 8 nitrogen and oxygen atoms in total. The molecule has 0 spiro atoms. The number of esters is 1. The molecule has 2 heterocycles. The number of hydrogen-bond acceptors (Lipinski definition) is 7. The minimum atomic E-state index is -1.00. The first kappa shape index (κ1) is 25.1. The van der Waals surface area contributed by atoms with Crippen molar-refractivity contribution in [2.45, 2.75) is 45.4 Å². The number of phenols is 1. The van der Waals surface area contributed by atoms with Gasteiger partial charge < -0.3 is 19.7 Å². The van der Waals surface area contributed by atoms with Crippen LogP contribution in [-0.2, 0) is 20.7 Å². The topological polar surface area (TPSA) is 113 Å². The number of carbonyl (C=O) groups excluding carboxylic acids is 3. The summed E-state index contributed by atoms with van der Waals surface area (Å²) in [6, 6.07) is 16.5. The summed E-state index contributed by atoms with van der Waals surface area (Å²) < 4.78 is 11.0. The van der Waals surface area contributed by atoms with Gasteiger partial charge in [0.15, 0.2) is 0 Å². The number of aromatic hydroxyl groups is 1. The number of amides is 1. The first-order valence-corrected chi connectivity index (χ1v) is 12.3. The SMILES string of the molecule is CC(C)OC(=O)c1cccc(N2C(=O)C(=O)/C(=C(\O)c3ccc4c(c3)CC(C)O4)C2c2ccc(O)cc2)c1. The molecule has 2 aliphatic rings. The zero-order valence-corrected chi connectivity index (χ0v) is 21.2. The van der Waals surface area contributed by atoms with Crippen LogP contribution in [0.2, 0.25) is 0 Å². The van der Waals surface area contributed by atoms with Crippen molar-refractivity contribution in [1.29, 1.82) is 0 Å². The Bertz CT molecular complexity index is 1470. The molecule has 2 aliphatic heterocycles.